The van der Waals surface area contributed by atoms with E-state index in [0.717, 1.165) is 25.6 Å². The van der Waals surface area contributed by atoms with Crippen LogP contribution in [-0.2, 0) is 11.3 Å². The summed E-state index contributed by atoms with van der Waals surface area (Å²) < 4.78 is 23.6. The molecule has 6 nitrogen and oxygen atoms in total. The van der Waals surface area contributed by atoms with Gasteiger partial charge in [-0.05, 0) is 37.0 Å². The Labute approximate surface area is 155 Å². The van der Waals surface area contributed by atoms with Crippen LogP contribution in [0, 0.1) is 5.92 Å². The van der Waals surface area contributed by atoms with Crippen molar-refractivity contribution < 1.29 is 13.6 Å². The van der Waals surface area contributed by atoms with E-state index in [1.54, 1.807) is 12.1 Å². The molecular formula is C17H23ClN3O3S-. The Morgan fingerprint density at radius 1 is 1.24 bits per heavy atom. The molecule has 0 spiro atoms. The Bertz CT molecular complexity index is 644. The monoisotopic (exact) mass is 384 g/mol. The lowest BCUT2D eigenvalue weighted by molar-refractivity contribution is 0.0618. The minimum absolute atomic E-state index is 0.0969. The zero-order chi connectivity index (χ0) is 17.8. The van der Waals surface area contributed by atoms with Crippen molar-refractivity contribution in [3.63, 3.8) is 0 Å². The summed E-state index contributed by atoms with van der Waals surface area (Å²) in [5.41, 5.74) is 0.754. The van der Waals surface area contributed by atoms with E-state index in [9.17, 15) is 13.6 Å². The molecule has 1 amide bonds. The maximum absolute atomic E-state index is 12.7. The second-order valence-electron chi connectivity index (χ2n) is 6.77. The van der Waals surface area contributed by atoms with Gasteiger partial charge in [-0.3, -0.25) is 13.9 Å². The van der Waals surface area contributed by atoms with Crippen LogP contribution >= 0.6 is 11.6 Å². The molecule has 0 radical (unpaired) electrons. The Morgan fingerprint density at radius 3 is 2.52 bits per heavy atom. The van der Waals surface area contributed by atoms with E-state index in [2.05, 4.69) is 9.62 Å². The van der Waals surface area contributed by atoms with Crippen LogP contribution in [0.4, 0.5) is 5.69 Å². The third-order valence-corrected chi connectivity index (χ3v) is 5.77. The van der Waals surface area contributed by atoms with Gasteiger partial charge >= 0.3 is 0 Å². The number of halogens is 1. The molecular weight excluding hydrogens is 362 g/mol. The van der Waals surface area contributed by atoms with Crippen LogP contribution in [0.5, 0.6) is 0 Å². The zero-order valence-corrected chi connectivity index (χ0v) is 15.7. The summed E-state index contributed by atoms with van der Waals surface area (Å²) >= 11 is 3.76. The van der Waals surface area contributed by atoms with Crippen molar-refractivity contribution in [2.75, 3.05) is 37.4 Å². The summed E-state index contributed by atoms with van der Waals surface area (Å²) in [5, 5.41) is 0.258. The fourth-order valence-electron chi connectivity index (χ4n) is 3.71. The van der Waals surface area contributed by atoms with E-state index >= 15 is 0 Å². The van der Waals surface area contributed by atoms with Crippen molar-refractivity contribution in [3.8, 4) is 0 Å². The minimum atomic E-state index is -2.41. The summed E-state index contributed by atoms with van der Waals surface area (Å²) in [5.74, 6) is 0.726. The number of nitrogens with one attached hydrogen (secondary N) is 1. The minimum Gasteiger partial charge on any atom is -0.755 e. The first-order chi connectivity index (χ1) is 12.0. The number of nitrogens with zero attached hydrogens (tertiary/aromatic N) is 2. The van der Waals surface area contributed by atoms with Crippen LogP contribution in [0.3, 0.4) is 0 Å². The van der Waals surface area contributed by atoms with E-state index in [0.29, 0.717) is 24.3 Å². The molecule has 1 aromatic carbocycles. The van der Waals surface area contributed by atoms with Crippen LogP contribution in [0.1, 0.15) is 36.0 Å². The van der Waals surface area contributed by atoms with Gasteiger partial charge < -0.3 is 14.2 Å². The number of piperazine rings is 1. The molecule has 1 aliphatic carbocycles. The van der Waals surface area contributed by atoms with Gasteiger partial charge in [-0.15, -0.1) is 0 Å². The summed E-state index contributed by atoms with van der Waals surface area (Å²) in [6, 6.07) is 4.58. The fourth-order valence-corrected chi connectivity index (χ4v) is 4.29. The summed E-state index contributed by atoms with van der Waals surface area (Å²) in [4.78, 5) is 17.0. The summed E-state index contributed by atoms with van der Waals surface area (Å²) in [7, 11) is 0. The van der Waals surface area contributed by atoms with E-state index < -0.39 is 11.3 Å². The first-order valence-corrected chi connectivity index (χ1v) is 10.2. The molecule has 1 N–H and O–H groups in total. The molecule has 138 valence electrons. The molecule has 1 unspecified atom stereocenters. The molecule has 1 aliphatic heterocycles. The normalized spacial score (nSPS) is 20.6. The Hall–Kier alpha value is -1.15. The average Bonchev–Trinajstić information content (AvgIpc) is 3.07. The SMILES string of the molecule is O=C(c1ccc(NS(=O)[O-])cc1Cl)N1CCN(CC2CCCC2)CC1. The maximum atomic E-state index is 12.7. The zero-order valence-electron chi connectivity index (χ0n) is 14.1. The number of rotatable bonds is 5. The predicted octanol–water partition coefficient (Wildman–Crippen LogP) is 2.49. The smallest absolute Gasteiger partial charge is 0.255 e. The second kappa shape index (κ2) is 8.49. The number of amides is 1. The van der Waals surface area contributed by atoms with Crippen molar-refractivity contribution in [1.29, 1.82) is 0 Å². The fraction of sp³-hybridized carbons (Fsp3) is 0.588. The first kappa shape index (κ1) is 18.6. The molecule has 0 bridgehead atoms. The Kier molecular flexibility index (Phi) is 6.33. The number of anilines is 1. The summed E-state index contributed by atoms with van der Waals surface area (Å²) in [6.07, 6.45) is 5.38. The lowest BCUT2D eigenvalue weighted by Crippen LogP contribution is -2.49. The van der Waals surface area contributed by atoms with Crippen molar-refractivity contribution in [1.82, 2.24) is 9.80 Å². The number of carbonyl (C=O) groups is 1. The van der Waals surface area contributed by atoms with Gasteiger partial charge in [0.1, 0.15) is 0 Å². The highest BCUT2D eigenvalue weighted by atomic mass is 35.5. The first-order valence-electron chi connectivity index (χ1n) is 8.70. The van der Waals surface area contributed by atoms with E-state index in [1.807, 2.05) is 4.90 Å². The van der Waals surface area contributed by atoms with Gasteiger partial charge in [0.2, 0.25) is 0 Å². The van der Waals surface area contributed by atoms with Gasteiger partial charge in [0, 0.05) is 49.7 Å². The average molecular weight is 385 g/mol. The van der Waals surface area contributed by atoms with Crippen LogP contribution < -0.4 is 4.72 Å². The van der Waals surface area contributed by atoms with Gasteiger partial charge in [0.05, 0.1) is 10.6 Å². The lowest BCUT2D eigenvalue weighted by Gasteiger charge is -2.36. The van der Waals surface area contributed by atoms with Crippen LogP contribution in [0.2, 0.25) is 5.02 Å². The molecule has 25 heavy (non-hydrogen) atoms. The number of benzene rings is 1. The molecule has 1 atom stereocenters. The van der Waals surface area contributed by atoms with Gasteiger partial charge in [-0.1, -0.05) is 24.4 Å². The molecule has 3 rings (SSSR count). The quantitative estimate of drug-likeness (QED) is 0.791. The van der Waals surface area contributed by atoms with Gasteiger partial charge in [0.15, 0.2) is 0 Å². The van der Waals surface area contributed by atoms with Crippen molar-refractivity contribution in [2.45, 2.75) is 25.7 Å². The van der Waals surface area contributed by atoms with Crippen molar-refractivity contribution in [3.05, 3.63) is 28.8 Å². The highest BCUT2D eigenvalue weighted by molar-refractivity contribution is 7.80. The van der Waals surface area contributed by atoms with Crippen LogP contribution in [-0.4, -0.2) is 57.2 Å². The number of carbonyl (C=O) groups excluding carboxylic acids is 1. The van der Waals surface area contributed by atoms with Gasteiger partial charge in [-0.25, -0.2) is 0 Å². The van der Waals surface area contributed by atoms with E-state index in [4.69, 9.17) is 11.6 Å². The molecule has 8 heteroatoms. The van der Waals surface area contributed by atoms with Gasteiger partial charge in [0.25, 0.3) is 5.91 Å². The summed E-state index contributed by atoms with van der Waals surface area (Å²) in [6.45, 7) is 4.34. The predicted molar refractivity (Wildman–Crippen MR) is 98.3 cm³/mol. The molecule has 1 saturated heterocycles. The highest BCUT2D eigenvalue weighted by Crippen LogP contribution is 2.26. The Morgan fingerprint density at radius 2 is 1.92 bits per heavy atom. The lowest BCUT2D eigenvalue weighted by atomic mass is 10.1. The molecule has 1 saturated carbocycles. The van der Waals surface area contributed by atoms with Crippen LogP contribution in [0.15, 0.2) is 18.2 Å². The van der Waals surface area contributed by atoms with E-state index in [-0.39, 0.29) is 10.9 Å². The topological polar surface area (TPSA) is 75.7 Å². The molecule has 1 heterocycles. The van der Waals surface area contributed by atoms with Crippen molar-refractivity contribution >= 4 is 34.5 Å². The number of hydrogen-bond donors (Lipinski definition) is 1. The standard InChI is InChI=1S/C17H24ClN3O3S/c18-16-11-14(19-25(23)24)5-6-15(16)17(22)21-9-7-20(8-10-21)12-13-3-1-2-4-13/h5-6,11,13,19H,1-4,7-10,12H2,(H,23,24)/p-1. The van der Waals surface area contributed by atoms with E-state index in [1.165, 1.54) is 31.7 Å². The largest absolute Gasteiger partial charge is 0.755 e. The second-order valence-corrected chi connectivity index (χ2v) is 7.86. The maximum Gasteiger partial charge on any atom is 0.255 e. The molecule has 1 aromatic rings. The molecule has 2 fully saturated rings. The van der Waals surface area contributed by atoms with Crippen LogP contribution in [0.25, 0.3) is 0 Å². The van der Waals surface area contributed by atoms with Gasteiger partial charge in [-0.2, -0.15) is 0 Å². The molecule has 0 aromatic heterocycles. The molecule has 2 aliphatic rings. The third-order valence-electron chi connectivity index (χ3n) is 5.05. The third kappa shape index (κ3) is 4.94. The Balaban J connectivity index is 1.56. The highest BCUT2D eigenvalue weighted by Gasteiger charge is 2.26. The van der Waals surface area contributed by atoms with Crippen molar-refractivity contribution in [2.24, 2.45) is 5.92 Å². The number of hydrogen-bond acceptors (Lipinski definition) is 4.